The van der Waals surface area contributed by atoms with Crippen LogP contribution in [0, 0.1) is 11.3 Å². The van der Waals surface area contributed by atoms with Crippen molar-refractivity contribution in [3.05, 3.63) is 89.0 Å². The zero-order valence-corrected chi connectivity index (χ0v) is 22.1. The third kappa shape index (κ3) is 4.15. The minimum atomic E-state index is -1.25. The number of nitriles is 1. The molecule has 0 bridgehead atoms. The van der Waals surface area contributed by atoms with E-state index in [0.29, 0.717) is 23.1 Å². The number of carbonyl (C=O) groups is 2. The maximum absolute atomic E-state index is 12.1. The van der Waals surface area contributed by atoms with Crippen molar-refractivity contribution in [3.63, 3.8) is 0 Å². The lowest BCUT2D eigenvalue weighted by Crippen LogP contribution is -2.77. The van der Waals surface area contributed by atoms with Crippen LogP contribution < -0.4 is 15.5 Å². The molecule has 1 saturated heterocycles. The molecule has 0 amide bonds. The molecule has 8 nitrogen and oxygen atoms in total. The molecule has 1 aliphatic carbocycles. The van der Waals surface area contributed by atoms with E-state index in [1.807, 2.05) is 55.5 Å². The monoisotopic (exact) mass is 534 g/mol. The number of rotatable bonds is 7. The van der Waals surface area contributed by atoms with Gasteiger partial charge in [-0.3, -0.25) is 10.6 Å². The number of carboxylic acid groups (broad SMARTS) is 2. The Hall–Kier alpha value is -4.45. The molecule has 2 atom stereocenters. The van der Waals surface area contributed by atoms with E-state index in [1.54, 1.807) is 6.07 Å². The van der Waals surface area contributed by atoms with Gasteiger partial charge < -0.3 is 15.1 Å². The van der Waals surface area contributed by atoms with Crippen molar-refractivity contribution < 1.29 is 19.8 Å². The van der Waals surface area contributed by atoms with E-state index in [9.17, 15) is 14.7 Å². The molecule has 1 saturated carbocycles. The van der Waals surface area contributed by atoms with Crippen molar-refractivity contribution in [1.29, 1.82) is 5.26 Å². The highest BCUT2D eigenvalue weighted by Crippen LogP contribution is 2.53. The van der Waals surface area contributed by atoms with Crippen LogP contribution in [0.25, 0.3) is 17.2 Å². The summed E-state index contributed by atoms with van der Waals surface area (Å²) in [5.41, 5.74) is 5.48. The van der Waals surface area contributed by atoms with Crippen molar-refractivity contribution >= 4 is 29.4 Å². The van der Waals surface area contributed by atoms with Gasteiger partial charge in [0.1, 0.15) is 11.6 Å². The van der Waals surface area contributed by atoms with Crippen molar-refractivity contribution in [2.45, 2.75) is 56.4 Å². The Labute approximate surface area is 232 Å². The predicted molar refractivity (Wildman–Crippen MR) is 152 cm³/mol. The van der Waals surface area contributed by atoms with E-state index < -0.39 is 17.6 Å². The lowest BCUT2D eigenvalue weighted by Gasteiger charge is -2.47. The molecule has 202 valence electrons. The number of nitrogens with one attached hydrogen (secondary N) is 2. The van der Waals surface area contributed by atoms with Crippen LogP contribution in [0.5, 0.6) is 0 Å². The number of fused-ring (bicyclic) bond motifs is 3. The van der Waals surface area contributed by atoms with Gasteiger partial charge in [-0.25, -0.2) is 9.59 Å². The molecule has 8 heteroatoms. The molecule has 3 aromatic carbocycles. The van der Waals surface area contributed by atoms with Crippen LogP contribution in [0.1, 0.15) is 55.2 Å². The normalized spacial score (nSPS) is 25.1. The molecule has 2 heterocycles. The zero-order chi connectivity index (χ0) is 28.0. The highest BCUT2D eigenvalue weighted by atomic mass is 16.4. The number of benzene rings is 3. The van der Waals surface area contributed by atoms with Crippen LogP contribution >= 0.6 is 0 Å². The second-order valence-electron chi connectivity index (χ2n) is 10.7. The molecular formula is C32H30N4O4. The van der Waals surface area contributed by atoms with Crippen molar-refractivity contribution in [2.24, 2.45) is 0 Å². The van der Waals surface area contributed by atoms with Crippen LogP contribution in [-0.2, 0) is 15.3 Å². The molecule has 4 N–H and O–H groups in total. The average Bonchev–Trinajstić information content (AvgIpc) is 3.52. The summed E-state index contributed by atoms with van der Waals surface area (Å²) in [5.74, 6) is -1.74. The first kappa shape index (κ1) is 25.8. The minimum Gasteiger partial charge on any atom is -0.479 e. The Kier molecular flexibility index (Phi) is 6.41. The van der Waals surface area contributed by atoms with Gasteiger partial charge in [-0.2, -0.15) is 5.26 Å². The molecule has 2 aliphatic heterocycles. The van der Waals surface area contributed by atoms with Gasteiger partial charge in [0.05, 0.1) is 6.17 Å². The third-order valence-electron chi connectivity index (χ3n) is 8.49. The lowest BCUT2D eigenvalue weighted by atomic mass is 9.93. The Bertz CT molecular complexity index is 1550. The van der Waals surface area contributed by atoms with E-state index in [1.165, 1.54) is 17.3 Å². The Morgan fingerprint density at radius 1 is 1.02 bits per heavy atom. The van der Waals surface area contributed by atoms with Gasteiger partial charge in [-0.1, -0.05) is 55.8 Å². The lowest BCUT2D eigenvalue weighted by molar-refractivity contribution is -0.154. The topological polar surface area (TPSA) is 126 Å². The smallest absolute Gasteiger partial charge is 0.346 e. The minimum absolute atomic E-state index is 0.0119. The predicted octanol–water partition coefficient (Wildman–Crippen LogP) is 5.30. The number of aliphatic carboxylic acids is 2. The average molecular weight is 535 g/mol. The van der Waals surface area contributed by atoms with Gasteiger partial charge in [0.25, 0.3) is 0 Å². The fraction of sp³-hybridized carbons (Fsp3) is 0.281. The molecule has 40 heavy (non-hydrogen) atoms. The van der Waals surface area contributed by atoms with E-state index in [2.05, 4.69) is 33.7 Å². The largest absolute Gasteiger partial charge is 0.479 e. The summed E-state index contributed by atoms with van der Waals surface area (Å²) in [5, 5.41) is 34.4. The van der Waals surface area contributed by atoms with E-state index in [-0.39, 0.29) is 11.7 Å². The molecule has 3 aliphatic rings. The van der Waals surface area contributed by atoms with Gasteiger partial charge in [-0.15, -0.1) is 0 Å². The summed E-state index contributed by atoms with van der Waals surface area (Å²) in [6.07, 6.45) is 5.55. The summed E-state index contributed by atoms with van der Waals surface area (Å²) >= 11 is 0. The summed E-state index contributed by atoms with van der Waals surface area (Å²) in [6.45, 7) is 2.01. The SMILES string of the molecule is CCC1NC(C(=O)O)(c2ccc(N3c4ccc(-c5ccc(C=C(C#N)C(=O)O)cc5)cc4C4CCCC43)cc2)N1. The van der Waals surface area contributed by atoms with Crippen molar-refractivity contribution in [1.82, 2.24) is 10.6 Å². The summed E-state index contributed by atoms with van der Waals surface area (Å²) in [6, 6.07) is 24.0. The number of nitrogens with zero attached hydrogens (tertiary/aromatic N) is 2. The first-order valence-corrected chi connectivity index (χ1v) is 13.6. The summed E-state index contributed by atoms with van der Waals surface area (Å²) in [7, 11) is 0. The second kappa shape index (κ2) is 9.94. The standard InChI is InChI=1S/C32H30N4O4/c1-2-29-34-32(35-29,31(39)40)23-11-13-24(14-12-23)36-27-5-3-4-25(27)26-17-21(10-15-28(26)36)20-8-6-19(7-9-20)16-22(18-33)30(37)38/h6-17,25,27,29,34-35H,2-5H2,1H3,(H,37,38)(H,39,40). The van der Waals surface area contributed by atoms with Crippen LogP contribution in [0.2, 0.25) is 0 Å². The molecule has 0 aromatic heterocycles. The molecule has 2 fully saturated rings. The Balaban J connectivity index is 1.29. The van der Waals surface area contributed by atoms with Gasteiger partial charge in [0, 0.05) is 23.3 Å². The van der Waals surface area contributed by atoms with Gasteiger partial charge in [-0.05, 0) is 77.4 Å². The first-order chi connectivity index (χ1) is 19.3. The van der Waals surface area contributed by atoms with E-state index in [4.69, 9.17) is 10.4 Å². The number of anilines is 2. The number of hydrogen-bond acceptors (Lipinski definition) is 6. The Morgan fingerprint density at radius 3 is 2.35 bits per heavy atom. The second-order valence-corrected chi connectivity index (χ2v) is 10.7. The van der Waals surface area contributed by atoms with Gasteiger partial charge in [0.2, 0.25) is 0 Å². The van der Waals surface area contributed by atoms with Gasteiger partial charge in [0.15, 0.2) is 5.66 Å². The zero-order valence-electron chi connectivity index (χ0n) is 22.1. The fourth-order valence-electron chi connectivity index (χ4n) is 6.46. The third-order valence-corrected chi connectivity index (χ3v) is 8.49. The number of hydrogen-bond donors (Lipinski definition) is 4. The quantitative estimate of drug-likeness (QED) is 0.238. The highest BCUT2D eigenvalue weighted by Gasteiger charge is 2.50. The molecule has 0 spiro atoms. The fourth-order valence-corrected chi connectivity index (χ4v) is 6.46. The highest BCUT2D eigenvalue weighted by molar-refractivity contribution is 5.96. The Morgan fingerprint density at radius 2 is 1.73 bits per heavy atom. The maximum atomic E-state index is 12.1. The van der Waals surface area contributed by atoms with E-state index >= 15 is 0 Å². The number of carboxylic acids is 2. The summed E-state index contributed by atoms with van der Waals surface area (Å²) in [4.78, 5) is 25.7. The van der Waals surface area contributed by atoms with Crippen LogP contribution in [0.4, 0.5) is 11.4 Å². The van der Waals surface area contributed by atoms with Gasteiger partial charge >= 0.3 is 11.9 Å². The first-order valence-electron chi connectivity index (χ1n) is 13.6. The molecular weight excluding hydrogens is 504 g/mol. The molecule has 3 aromatic rings. The van der Waals surface area contributed by atoms with Crippen LogP contribution in [0.15, 0.2) is 72.3 Å². The van der Waals surface area contributed by atoms with Crippen molar-refractivity contribution in [2.75, 3.05) is 4.90 Å². The molecule has 2 unspecified atom stereocenters. The summed E-state index contributed by atoms with van der Waals surface area (Å²) < 4.78 is 0. The van der Waals surface area contributed by atoms with Crippen molar-refractivity contribution in [3.8, 4) is 17.2 Å². The van der Waals surface area contributed by atoms with Crippen LogP contribution in [0.3, 0.4) is 0 Å². The maximum Gasteiger partial charge on any atom is 0.346 e. The van der Waals surface area contributed by atoms with E-state index in [0.717, 1.165) is 42.5 Å². The van der Waals surface area contributed by atoms with Crippen LogP contribution in [-0.4, -0.2) is 34.4 Å². The molecule has 6 rings (SSSR count). The molecule has 0 radical (unpaired) electrons.